The summed E-state index contributed by atoms with van der Waals surface area (Å²) in [6, 6.07) is 8.40. The van der Waals surface area contributed by atoms with Crippen molar-refractivity contribution in [3.05, 3.63) is 30.0 Å². The van der Waals surface area contributed by atoms with Gasteiger partial charge in [0.1, 0.15) is 0 Å². The van der Waals surface area contributed by atoms with Crippen molar-refractivity contribution in [2.45, 2.75) is 13.3 Å². The molecule has 3 rings (SSSR count). The van der Waals surface area contributed by atoms with E-state index in [1.54, 1.807) is 7.11 Å². The van der Waals surface area contributed by atoms with Crippen molar-refractivity contribution in [2.75, 3.05) is 51.8 Å². The van der Waals surface area contributed by atoms with Gasteiger partial charge in [0.15, 0.2) is 5.82 Å². The molecule has 124 valence electrons. The Morgan fingerprint density at radius 1 is 1.26 bits per heavy atom. The maximum Gasteiger partial charge on any atom is 0.158 e. The molecule has 1 fully saturated rings. The van der Waals surface area contributed by atoms with Crippen LogP contribution in [0, 0.1) is 12.8 Å². The Morgan fingerprint density at radius 3 is 2.83 bits per heavy atom. The largest absolute Gasteiger partial charge is 0.383 e. The van der Waals surface area contributed by atoms with E-state index in [9.17, 15) is 0 Å². The molecule has 1 saturated heterocycles. The van der Waals surface area contributed by atoms with Crippen LogP contribution in [0.4, 0.5) is 5.82 Å². The summed E-state index contributed by atoms with van der Waals surface area (Å²) in [5, 5.41) is 11.2. The van der Waals surface area contributed by atoms with Gasteiger partial charge in [0.2, 0.25) is 0 Å². The van der Waals surface area contributed by atoms with Crippen LogP contribution in [0.25, 0.3) is 10.8 Å². The van der Waals surface area contributed by atoms with Crippen molar-refractivity contribution in [1.82, 2.24) is 15.1 Å². The molecule has 0 amide bonds. The molecular weight excluding hydrogens is 288 g/mol. The first-order valence-electron chi connectivity index (χ1n) is 8.33. The lowest BCUT2D eigenvalue weighted by atomic mass is 10.1. The Morgan fingerprint density at radius 2 is 2.04 bits per heavy atom. The average Bonchev–Trinajstić information content (AvgIpc) is 3.01. The minimum atomic E-state index is 0.679. The van der Waals surface area contributed by atoms with E-state index in [0.717, 1.165) is 37.8 Å². The first-order valence-corrected chi connectivity index (χ1v) is 8.33. The highest BCUT2D eigenvalue weighted by atomic mass is 16.5. The highest BCUT2D eigenvalue weighted by molar-refractivity contribution is 5.93. The maximum absolute atomic E-state index is 5.18. The molecule has 1 aromatic heterocycles. The minimum absolute atomic E-state index is 0.679. The Kier molecular flexibility index (Phi) is 5.08. The second-order valence-corrected chi connectivity index (χ2v) is 6.48. The van der Waals surface area contributed by atoms with Gasteiger partial charge in [0.25, 0.3) is 0 Å². The number of methoxy groups -OCH3 is 1. The first-order chi connectivity index (χ1) is 11.2. The summed E-state index contributed by atoms with van der Waals surface area (Å²) >= 11 is 0. The van der Waals surface area contributed by atoms with Gasteiger partial charge in [0, 0.05) is 44.6 Å². The van der Waals surface area contributed by atoms with Crippen LogP contribution in [0.1, 0.15) is 12.1 Å². The van der Waals surface area contributed by atoms with Gasteiger partial charge in [-0.1, -0.05) is 24.3 Å². The van der Waals surface area contributed by atoms with E-state index in [1.807, 2.05) is 6.92 Å². The van der Waals surface area contributed by atoms with Gasteiger partial charge in [-0.05, 0) is 25.8 Å². The van der Waals surface area contributed by atoms with Crippen LogP contribution in [-0.2, 0) is 4.74 Å². The highest BCUT2D eigenvalue weighted by Crippen LogP contribution is 2.26. The summed E-state index contributed by atoms with van der Waals surface area (Å²) < 4.78 is 5.18. The summed E-state index contributed by atoms with van der Waals surface area (Å²) in [5.41, 5.74) is 0.990. The van der Waals surface area contributed by atoms with Crippen LogP contribution in [0.3, 0.4) is 0 Å². The summed E-state index contributed by atoms with van der Waals surface area (Å²) in [4.78, 5) is 4.75. The standard InChI is InChI=1S/C18H26N4O/c1-14-16-6-4-5-7-17(16)18(20-19-14)21(2)12-15-8-9-22(13-15)10-11-23-3/h4-7,15H,8-13H2,1-3H3. The van der Waals surface area contributed by atoms with Gasteiger partial charge in [-0.15, -0.1) is 5.10 Å². The Balaban J connectivity index is 1.70. The lowest BCUT2D eigenvalue weighted by molar-refractivity contribution is 0.159. The summed E-state index contributed by atoms with van der Waals surface area (Å²) in [6.45, 7) is 7.20. The number of benzene rings is 1. The van der Waals surface area contributed by atoms with Gasteiger partial charge in [-0.3, -0.25) is 0 Å². The molecule has 5 nitrogen and oxygen atoms in total. The molecule has 2 heterocycles. The third-order valence-corrected chi connectivity index (χ3v) is 4.73. The number of fused-ring (bicyclic) bond motifs is 1. The molecule has 0 spiro atoms. The quantitative estimate of drug-likeness (QED) is 0.818. The predicted molar refractivity (Wildman–Crippen MR) is 94.0 cm³/mol. The number of nitrogens with zero attached hydrogens (tertiary/aromatic N) is 4. The summed E-state index contributed by atoms with van der Waals surface area (Å²) in [7, 11) is 3.89. The van der Waals surface area contributed by atoms with Crippen molar-refractivity contribution in [3.8, 4) is 0 Å². The average molecular weight is 314 g/mol. The molecular formula is C18H26N4O. The van der Waals surface area contributed by atoms with Crippen molar-refractivity contribution in [2.24, 2.45) is 5.92 Å². The van der Waals surface area contributed by atoms with Gasteiger partial charge in [0.05, 0.1) is 12.3 Å². The number of rotatable bonds is 6. The maximum atomic E-state index is 5.18. The van der Waals surface area contributed by atoms with E-state index in [4.69, 9.17) is 4.74 Å². The number of aryl methyl sites for hydroxylation is 1. The van der Waals surface area contributed by atoms with Crippen LogP contribution in [0.5, 0.6) is 0 Å². The van der Waals surface area contributed by atoms with E-state index >= 15 is 0 Å². The fraction of sp³-hybridized carbons (Fsp3) is 0.556. The van der Waals surface area contributed by atoms with Crippen LogP contribution in [-0.4, -0.2) is 62.0 Å². The molecule has 1 unspecified atom stereocenters. The molecule has 0 radical (unpaired) electrons. The lowest BCUT2D eigenvalue weighted by Crippen LogP contribution is -2.30. The third-order valence-electron chi connectivity index (χ3n) is 4.73. The van der Waals surface area contributed by atoms with Crippen LogP contribution in [0.15, 0.2) is 24.3 Å². The number of hydrogen-bond acceptors (Lipinski definition) is 5. The molecule has 2 aromatic rings. The van der Waals surface area contributed by atoms with Gasteiger partial charge >= 0.3 is 0 Å². The van der Waals surface area contributed by atoms with E-state index < -0.39 is 0 Å². The topological polar surface area (TPSA) is 41.5 Å². The molecule has 1 atom stereocenters. The number of hydrogen-bond donors (Lipinski definition) is 0. The zero-order chi connectivity index (χ0) is 16.2. The monoisotopic (exact) mass is 314 g/mol. The van der Waals surface area contributed by atoms with Crippen molar-refractivity contribution in [3.63, 3.8) is 0 Å². The molecule has 5 heteroatoms. The van der Waals surface area contributed by atoms with E-state index in [-0.39, 0.29) is 0 Å². The molecule has 1 aromatic carbocycles. The van der Waals surface area contributed by atoms with Gasteiger partial charge in [-0.2, -0.15) is 5.10 Å². The SMILES string of the molecule is COCCN1CCC(CN(C)c2nnc(C)c3ccccc23)C1. The molecule has 1 aliphatic heterocycles. The zero-order valence-electron chi connectivity index (χ0n) is 14.3. The normalized spacial score (nSPS) is 18.7. The van der Waals surface area contributed by atoms with Crippen molar-refractivity contribution in [1.29, 1.82) is 0 Å². The fourth-order valence-electron chi connectivity index (χ4n) is 3.46. The van der Waals surface area contributed by atoms with Crippen molar-refractivity contribution >= 4 is 16.6 Å². The Hall–Kier alpha value is -1.72. The summed E-state index contributed by atoms with van der Waals surface area (Å²) in [5.74, 6) is 1.67. The van der Waals surface area contributed by atoms with Crippen LogP contribution in [0.2, 0.25) is 0 Å². The van der Waals surface area contributed by atoms with Crippen molar-refractivity contribution < 1.29 is 4.74 Å². The molecule has 0 saturated carbocycles. The second kappa shape index (κ2) is 7.23. The smallest absolute Gasteiger partial charge is 0.158 e. The highest BCUT2D eigenvalue weighted by Gasteiger charge is 2.24. The number of aromatic nitrogens is 2. The number of likely N-dealkylation sites (tertiary alicyclic amines) is 1. The summed E-state index contributed by atoms with van der Waals surface area (Å²) in [6.07, 6.45) is 1.24. The number of anilines is 1. The number of ether oxygens (including phenoxy) is 1. The van der Waals surface area contributed by atoms with Crippen LogP contribution < -0.4 is 4.90 Å². The molecule has 1 aliphatic rings. The molecule has 23 heavy (non-hydrogen) atoms. The lowest BCUT2D eigenvalue weighted by Gasteiger charge is -2.23. The first kappa shape index (κ1) is 16.1. The molecule has 0 bridgehead atoms. The third kappa shape index (κ3) is 3.62. The van der Waals surface area contributed by atoms with E-state index in [1.165, 1.54) is 23.7 Å². The van der Waals surface area contributed by atoms with Gasteiger partial charge < -0.3 is 14.5 Å². The fourth-order valence-corrected chi connectivity index (χ4v) is 3.46. The Bertz CT molecular complexity index is 661. The minimum Gasteiger partial charge on any atom is -0.383 e. The van der Waals surface area contributed by atoms with E-state index in [2.05, 4.69) is 51.3 Å². The van der Waals surface area contributed by atoms with Gasteiger partial charge in [-0.25, -0.2) is 0 Å². The second-order valence-electron chi connectivity index (χ2n) is 6.48. The predicted octanol–water partition coefficient (Wildman–Crippen LogP) is 2.34. The molecule has 0 N–H and O–H groups in total. The van der Waals surface area contributed by atoms with Crippen LogP contribution >= 0.6 is 0 Å². The zero-order valence-corrected chi connectivity index (χ0v) is 14.3. The van der Waals surface area contributed by atoms with E-state index in [0.29, 0.717) is 5.92 Å². The Labute approximate surface area is 138 Å². The molecule has 0 aliphatic carbocycles.